The van der Waals surface area contributed by atoms with Crippen LogP contribution in [0.4, 0.5) is 0 Å². The summed E-state index contributed by atoms with van der Waals surface area (Å²) in [5.74, 6) is -0.160. The number of nitrogens with zero attached hydrogens (tertiary/aromatic N) is 1. The molecule has 2 N–H and O–H groups in total. The molecule has 0 aliphatic carbocycles. The molecule has 0 saturated heterocycles. The Balaban J connectivity index is 4.04. The number of phosphoric ester groups is 1. The number of phosphoric acid groups is 1. The van der Waals surface area contributed by atoms with Crippen molar-refractivity contribution in [1.29, 1.82) is 0 Å². The van der Waals surface area contributed by atoms with E-state index in [1.54, 1.807) is 0 Å². The van der Waals surface area contributed by atoms with Crippen molar-refractivity contribution in [2.24, 2.45) is 0 Å². The number of nitrogens with one attached hydrogen (secondary N) is 1. The first-order valence-corrected chi connectivity index (χ1v) is 35.8. The Labute approximate surface area is 487 Å². The predicted molar refractivity (Wildman–Crippen MR) is 339 cm³/mol. The molecular formula is C69H135N2O6P. The third-order valence-corrected chi connectivity index (χ3v) is 16.8. The van der Waals surface area contributed by atoms with E-state index in [0.717, 1.165) is 51.4 Å². The zero-order valence-electron chi connectivity index (χ0n) is 52.9. The lowest BCUT2D eigenvalue weighted by Gasteiger charge is -2.30. The number of carbonyl (C=O) groups is 1. The molecule has 0 rings (SSSR count). The summed E-state index contributed by atoms with van der Waals surface area (Å²) in [5, 5.41) is 14.1. The van der Waals surface area contributed by atoms with Gasteiger partial charge in [0.2, 0.25) is 5.91 Å². The predicted octanol–water partition coefficient (Wildman–Crippen LogP) is 21.0. The number of carbonyl (C=O) groups excluding carboxylic acids is 1. The first kappa shape index (κ1) is 76.7. The second kappa shape index (κ2) is 60.3. The van der Waals surface area contributed by atoms with Crippen LogP contribution in [0.25, 0.3) is 0 Å². The summed E-state index contributed by atoms with van der Waals surface area (Å²) in [6, 6.07) is -0.802. The van der Waals surface area contributed by atoms with Crippen molar-refractivity contribution in [3.05, 3.63) is 36.5 Å². The van der Waals surface area contributed by atoms with Crippen molar-refractivity contribution in [1.82, 2.24) is 5.32 Å². The van der Waals surface area contributed by atoms with E-state index in [-0.39, 0.29) is 19.1 Å². The molecule has 1 amide bonds. The van der Waals surface area contributed by atoms with Crippen LogP contribution in [-0.2, 0) is 18.4 Å². The van der Waals surface area contributed by atoms with Crippen LogP contribution >= 0.6 is 7.82 Å². The van der Waals surface area contributed by atoms with Crippen LogP contribution < -0.4 is 10.2 Å². The number of likely N-dealkylation sites (N-methyl/N-ethyl adjacent to an activating group) is 1. The van der Waals surface area contributed by atoms with Gasteiger partial charge in [0.1, 0.15) is 13.2 Å². The fourth-order valence-corrected chi connectivity index (χ4v) is 11.2. The normalized spacial score (nSPS) is 13.9. The van der Waals surface area contributed by atoms with Crippen molar-refractivity contribution in [2.75, 3.05) is 40.9 Å². The number of allylic oxidation sites excluding steroid dienone is 6. The van der Waals surface area contributed by atoms with E-state index in [9.17, 15) is 19.4 Å². The molecule has 0 heterocycles. The standard InChI is InChI=1S/C69H135N2O6P/c1-6-8-10-12-14-16-18-20-22-24-26-28-30-32-34-35-37-39-41-43-45-47-49-51-53-55-57-59-61-63-69(73)70-67(66-77-78(74,75)76-65-64-71(3,4)5)68(72)62-60-58-56-54-52-50-48-46-44-42-40-38-36-33-31-29-27-25-23-21-19-17-15-13-11-9-7-2/h18,20,24,26,30,32,67-68,72H,6-17,19,21-23,25,27-29,31,33-66H2,1-5H3,(H-,70,73,74,75)/b20-18-,26-24-,32-30-. The molecule has 8 nitrogen and oxygen atoms in total. The molecule has 0 aliphatic rings. The molecule has 3 atom stereocenters. The molecule has 0 aromatic heterocycles. The summed E-state index contributed by atoms with van der Waals surface area (Å²) in [4.78, 5) is 25.7. The van der Waals surface area contributed by atoms with Gasteiger partial charge in [0.15, 0.2) is 0 Å². The third-order valence-electron chi connectivity index (χ3n) is 15.9. The molecular weight excluding hydrogens is 984 g/mol. The topological polar surface area (TPSA) is 108 Å². The van der Waals surface area contributed by atoms with Crippen molar-refractivity contribution in [3.63, 3.8) is 0 Å². The highest BCUT2D eigenvalue weighted by Crippen LogP contribution is 2.38. The largest absolute Gasteiger partial charge is 0.756 e. The Hall–Kier alpha value is -1.28. The summed E-state index contributed by atoms with van der Waals surface area (Å²) in [6.45, 7) is 4.76. The fraction of sp³-hybridized carbons (Fsp3) is 0.899. The molecule has 78 heavy (non-hydrogen) atoms. The Kier molecular flexibility index (Phi) is 59.3. The van der Waals surface area contributed by atoms with E-state index in [4.69, 9.17) is 9.05 Å². The van der Waals surface area contributed by atoms with E-state index >= 15 is 0 Å². The molecule has 0 aromatic rings. The zero-order valence-corrected chi connectivity index (χ0v) is 53.8. The quantitative estimate of drug-likeness (QED) is 0.0272. The van der Waals surface area contributed by atoms with Crippen molar-refractivity contribution < 1.29 is 32.9 Å². The maximum absolute atomic E-state index is 13.1. The number of quaternary nitrogens is 1. The number of hydrogen-bond acceptors (Lipinski definition) is 6. The molecule has 0 fully saturated rings. The SMILES string of the molecule is CCCCCCC/C=C\C/C=C\C/C=C\CCCCCCCCCCCCCCCCC(=O)NC(COP(=O)([O-])OCC[N+](C)(C)C)C(O)CCCCCCCCCCCCCCCCCCCCCCCCCCCCC. The van der Waals surface area contributed by atoms with Gasteiger partial charge in [0, 0.05) is 6.42 Å². The van der Waals surface area contributed by atoms with Crippen molar-refractivity contribution in [3.8, 4) is 0 Å². The minimum atomic E-state index is -4.58. The molecule has 0 bridgehead atoms. The Morgan fingerprint density at radius 3 is 1.08 bits per heavy atom. The average Bonchev–Trinajstić information content (AvgIpc) is 3.41. The van der Waals surface area contributed by atoms with Gasteiger partial charge in [-0.1, -0.05) is 326 Å². The van der Waals surface area contributed by atoms with Crippen LogP contribution in [0.2, 0.25) is 0 Å². The summed E-state index contributed by atoms with van der Waals surface area (Å²) < 4.78 is 23.5. The van der Waals surface area contributed by atoms with Crippen LogP contribution in [0.15, 0.2) is 36.5 Å². The average molecular weight is 1120 g/mol. The summed E-state index contributed by atoms with van der Waals surface area (Å²) in [6.07, 6.45) is 79.2. The number of hydrogen-bond donors (Lipinski definition) is 2. The van der Waals surface area contributed by atoms with Gasteiger partial charge in [-0.25, -0.2) is 0 Å². The van der Waals surface area contributed by atoms with E-state index in [0.29, 0.717) is 23.9 Å². The van der Waals surface area contributed by atoms with Crippen LogP contribution in [0, 0.1) is 0 Å². The maximum Gasteiger partial charge on any atom is 0.268 e. The summed E-state index contributed by atoms with van der Waals surface area (Å²) in [7, 11) is 1.32. The highest BCUT2D eigenvalue weighted by Gasteiger charge is 2.24. The number of aliphatic hydroxyl groups is 1. The number of rotatable bonds is 64. The van der Waals surface area contributed by atoms with Crippen LogP contribution in [-0.4, -0.2) is 68.5 Å². The van der Waals surface area contributed by atoms with Gasteiger partial charge in [0.25, 0.3) is 7.82 Å². The highest BCUT2D eigenvalue weighted by molar-refractivity contribution is 7.45. The second-order valence-corrected chi connectivity index (χ2v) is 26.3. The van der Waals surface area contributed by atoms with Gasteiger partial charge in [-0.3, -0.25) is 9.36 Å². The van der Waals surface area contributed by atoms with Gasteiger partial charge in [-0.2, -0.15) is 0 Å². The molecule has 0 saturated carbocycles. The van der Waals surface area contributed by atoms with Gasteiger partial charge in [0.05, 0.1) is 39.9 Å². The number of aliphatic hydroxyl groups excluding tert-OH is 1. The van der Waals surface area contributed by atoms with Gasteiger partial charge in [-0.05, 0) is 51.4 Å². The molecule has 0 radical (unpaired) electrons. The van der Waals surface area contributed by atoms with Crippen molar-refractivity contribution >= 4 is 13.7 Å². The first-order chi connectivity index (χ1) is 38.0. The Morgan fingerprint density at radius 1 is 0.449 bits per heavy atom. The van der Waals surface area contributed by atoms with Crippen LogP contribution in [0.1, 0.15) is 348 Å². The van der Waals surface area contributed by atoms with E-state index in [1.807, 2.05) is 21.1 Å². The summed E-state index contributed by atoms with van der Waals surface area (Å²) >= 11 is 0. The zero-order chi connectivity index (χ0) is 57.0. The lowest BCUT2D eigenvalue weighted by molar-refractivity contribution is -0.870. The third kappa shape index (κ3) is 62.3. The number of unbranched alkanes of at least 4 members (excludes halogenated alkanes) is 45. The van der Waals surface area contributed by atoms with Gasteiger partial charge in [-0.15, -0.1) is 0 Å². The first-order valence-electron chi connectivity index (χ1n) is 34.3. The highest BCUT2D eigenvalue weighted by atomic mass is 31.2. The molecule has 0 aliphatic heterocycles. The van der Waals surface area contributed by atoms with E-state index < -0.39 is 20.0 Å². The molecule has 9 heteroatoms. The van der Waals surface area contributed by atoms with Crippen LogP contribution in [0.3, 0.4) is 0 Å². The minimum Gasteiger partial charge on any atom is -0.756 e. The molecule has 462 valence electrons. The lowest BCUT2D eigenvalue weighted by Crippen LogP contribution is -2.46. The van der Waals surface area contributed by atoms with Crippen LogP contribution in [0.5, 0.6) is 0 Å². The molecule has 3 unspecified atom stereocenters. The minimum absolute atomic E-state index is 0.0132. The smallest absolute Gasteiger partial charge is 0.268 e. The lowest BCUT2D eigenvalue weighted by atomic mass is 10.0. The second-order valence-electron chi connectivity index (χ2n) is 24.9. The monoisotopic (exact) mass is 1120 g/mol. The van der Waals surface area contributed by atoms with Crippen molar-refractivity contribution in [2.45, 2.75) is 360 Å². The van der Waals surface area contributed by atoms with Gasteiger partial charge >= 0.3 is 0 Å². The fourth-order valence-electron chi connectivity index (χ4n) is 10.5. The molecule has 0 aromatic carbocycles. The van der Waals surface area contributed by atoms with E-state index in [2.05, 4.69) is 55.6 Å². The Morgan fingerprint density at radius 2 is 0.744 bits per heavy atom. The number of amides is 1. The molecule has 0 spiro atoms. The van der Waals surface area contributed by atoms with Gasteiger partial charge < -0.3 is 28.8 Å². The maximum atomic E-state index is 13.1. The summed E-state index contributed by atoms with van der Waals surface area (Å²) in [5.41, 5.74) is 0. The van der Waals surface area contributed by atoms with E-state index in [1.165, 1.54) is 270 Å². The Bertz CT molecular complexity index is 1360.